The number of hydrogen-bond acceptors (Lipinski definition) is 7. The highest BCUT2D eigenvalue weighted by Gasteiger charge is 2.45. The van der Waals surface area contributed by atoms with Crippen LogP contribution in [-0.4, -0.2) is 63.8 Å². The molecule has 0 saturated carbocycles. The first-order valence-corrected chi connectivity index (χ1v) is 13.4. The molecule has 2 aromatic carbocycles. The van der Waals surface area contributed by atoms with E-state index in [4.69, 9.17) is 15.9 Å². The van der Waals surface area contributed by atoms with Gasteiger partial charge in [-0.15, -0.1) is 6.42 Å². The van der Waals surface area contributed by atoms with E-state index in [9.17, 15) is 9.18 Å². The van der Waals surface area contributed by atoms with Crippen molar-refractivity contribution in [2.24, 2.45) is 0 Å². The minimum Gasteiger partial charge on any atom is -0.467 e. The smallest absolute Gasteiger partial charge is 0.410 e. The zero-order chi connectivity index (χ0) is 29.1. The topological polar surface area (TPSA) is 80.7 Å². The van der Waals surface area contributed by atoms with Gasteiger partial charge in [-0.2, -0.15) is 9.97 Å². The maximum absolute atomic E-state index is 16.3. The highest BCUT2D eigenvalue weighted by Crippen LogP contribution is 2.39. The number of nitrogens with zero attached hydrogens (tertiary/aromatic N) is 5. The van der Waals surface area contributed by atoms with Crippen molar-refractivity contribution in [3.63, 3.8) is 0 Å². The van der Waals surface area contributed by atoms with Crippen molar-refractivity contribution in [2.45, 2.75) is 51.3 Å². The number of fused-ring (bicyclic) bond motifs is 4. The molecule has 2 saturated heterocycles. The van der Waals surface area contributed by atoms with E-state index in [0.717, 1.165) is 12.8 Å². The van der Waals surface area contributed by atoms with E-state index in [2.05, 4.69) is 20.9 Å². The van der Waals surface area contributed by atoms with Gasteiger partial charge in [-0.3, -0.25) is 9.88 Å². The van der Waals surface area contributed by atoms with Crippen molar-refractivity contribution in [1.82, 2.24) is 19.9 Å². The monoisotopic (exact) mass is 557 g/mol. The molecule has 2 aromatic heterocycles. The second kappa shape index (κ2) is 9.84. The summed E-state index contributed by atoms with van der Waals surface area (Å²) in [5, 5.41) is 1.47. The van der Waals surface area contributed by atoms with Gasteiger partial charge in [-0.25, -0.2) is 13.6 Å². The molecule has 6 rings (SSSR count). The molecule has 41 heavy (non-hydrogen) atoms. The summed E-state index contributed by atoms with van der Waals surface area (Å²) in [6.07, 6.45) is 8.49. The van der Waals surface area contributed by atoms with Crippen molar-refractivity contribution in [3.8, 4) is 29.6 Å². The van der Waals surface area contributed by atoms with Gasteiger partial charge in [0.15, 0.2) is 5.82 Å². The molecule has 4 aromatic rings. The summed E-state index contributed by atoms with van der Waals surface area (Å²) in [7, 11) is 1.42. The van der Waals surface area contributed by atoms with Crippen molar-refractivity contribution in [3.05, 3.63) is 53.7 Å². The molecule has 2 aliphatic heterocycles. The lowest BCUT2D eigenvalue weighted by molar-refractivity contribution is 0.0123. The molecule has 0 N–H and O–H groups in total. The number of methoxy groups -OCH3 is 1. The van der Waals surface area contributed by atoms with Gasteiger partial charge in [0.1, 0.15) is 28.4 Å². The lowest BCUT2D eigenvalue weighted by Gasteiger charge is -2.42. The highest BCUT2D eigenvalue weighted by molar-refractivity contribution is 6.02. The zero-order valence-corrected chi connectivity index (χ0v) is 23.2. The third-order valence-electron chi connectivity index (χ3n) is 7.61. The van der Waals surface area contributed by atoms with E-state index in [0.29, 0.717) is 40.6 Å². The number of amides is 1. The number of terminal acetylenes is 1. The summed E-state index contributed by atoms with van der Waals surface area (Å²) >= 11 is 0. The quantitative estimate of drug-likeness (QED) is 0.299. The third-order valence-corrected chi connectivity index (χ3v) is 7.61. The number of halogens is 2. The number of rotatable bonds is 3. The number of hydrogen-bond donors (Lipinski definition) is 0. The Balaban J connectivity index is 1.44. The summed E-state index contributed by atoms with van der Waals surface area (Å²) in [6.45, 7) is 6.52. The molecule has 2 aliphatic rings. The van der Waals surface area contributed by atoms with E-state index in [1.807, 2.05) is 30.6 Å². The van der Waals surface area contributed by atoms with Crippen LogP contribution in [0.25, 0.3) is 32.9 Å². The molecule has 0 radical (unpaired) electrons. The maximum atomic E-state index is 16.3. The maximum Gasteiger partial charge on any atom is 0.410 e. The second-order valence-corrected chi connectivity index (χ2v) is 11.4. The molecule has 10 heteroatoms. The van der Waals surface area contributed by atoms with E-state index < -0.39 is 17.2 Å². The molecule has 210 valence electrons. The molecule has 0 spiro atoms. The number of carbonyl (C=O) groups is 1. The predicted octanol–water partition coefficient (Wildman–Crippen LogP) is 5.70. The number of benzene rings is 2. The van der Waals surface area contributed by atoms with Gasteiger partial charge in [0.25, 0.3) is 0 Å². The third kappa shape index (κ3) is 4.55. The van der Waals surface area contributed by atoms with Crippen LogP contribution in [-0.2, 0) is 4.74 Å². The Bertz CT molecular complexity index is 1730. The number of anilines is 1. The Kier molecular flexibility index (Phi) is 6.40. The lowest BCUT2D eigenvalue weighted by Crippen LogP contribution is -2.57. The minimum absolute atomic E-state index is 0.00116. The van der Waals surface area contributed by atoms with Gasteiger partial charge in [0, 0.05) is 30.2 Å². The first-order chi connectivity index (χ1) is 19.6. The molecule has 2 atom stereocenters. The van der Waals surface area contributed by atoms with Crippen molar-refractivity contribution in [1.29, 1.82) is 0 Å². The molecule has 1 amide bonds. The summed E-state index contributed by atoms with van der Waals surface area (Å²) < 4.78 is 42.0. The van der Waals surface area contributed by atoms with Crippen molar-refractivity contribution in [2.75, 3.05) is 25.1 Å². The Hall–Kier alpha value is -4.52. The number of carbonyl (C=O) groups excluding carboxylic acids is 1. The average molecular weight is 558 g/mol. The van der Waals surface area contributed by atoms with Crippen LogP contribution in [0.4, 0.5) is 19.4 Å². The number of ether oxygens (including phenoxy) is 2. The average Bonchev–Trinajstić information content (AvgIpc) is 3.21. The van der Waals surface area contributed by atoms with Crippen LogP contribution in [0.1, 0.15) is 39.2 Å². The van der Waals surface area contributed by atoms with Crippen LogP contribution in [0.3, 0.4) is 0 Å². The fourth-order valence-electron chi connectivity index (χ4n) is 5.92. The minimum atomic E-state index is -0.695. The molecular weight excluding hydrogens is 528 g/mol. The molecule has 8 nitrogen and oxygen atoms in total. The van der Waals surface area contributed by atoms with Gasteiger partial charge in [-0.05, 0) is 45.1 Å². The number of aromatic nitrogens is 3. The molecule has 0 aliphatic carbocycles. The van der Waals surface area contributed by atoms with Crippen molar-refractivity contribution >= 4 is 33.6 Å². The van der Waals surface area contributed by atoms with Crippen molar-refractivity contribution < 1.29 is 23.0 Å². The SMILES string of the molecule is C#Cc1c(F)ccc2cccc(-c3ncc4c(N5CC6CCC(C5)N6C(=O)OC(C)(C)C)nc(OC)nc4c3F)c12. The largest absolute Gasteiger partial charge is 0.467 e. The Morgan fingerprint density at radius 1 is 1.10 bits per heavy atom. The Morgan fingerprint density at radius 3 is 2.49 bits per heavy atom. The van der Waals surface area contributed by atoms with Gasteiger partial charge in [0.05, 0.1) is 30.1 Å². The van der Waals surface area contributed by atoms with Crippen LogP contribution in [0.2, 0.25) is 0 Å². The summed E-state index contributed by atoms with van der Waals surface area (Å²) in [5.41, 5.74) is -0.181. The number of pyridine rings is 1. The highest BCUT2D eigenvalue weighted by atomic mass is 19.1. The Labute approximate surface area is 236 Å². The van der Waals surface area contributed by atoms with E-state index in [1.54, 1.807) is 24.3 Å². The van der Waals surface area contributed by atoms with Crippen LogP contribution >= 0.6 is 0 Å². The lowest BCUT2D eigenvalue weighted by atomic mass is 9.96. The number of piperazine rings is 1. The first kappa shape index (κ1) is 26.7. The standard InChI is InChI=1S/C31H29F2N5O3/c1-6-20-23(32)13-10-17-8-7-9-21(24(17)20)26-25(33)27-22(14-34-26)28(36-29(35-27)40-5)37-15-18-11-12-19(16-37)38(18)30(39)41-31(2,3)4/h1,7-10,13-14,18-19H,11-12,15-16H2,2-5H3. The molecule has 2 fully saturated rings. The van der Waals surface area contributed by atoms with E-state index >= 15 is 4.39 Å². The molecular formula is C31H29F2N5O3. The first-order valence-electron chi connectivity index (χ1n) is 13.4. The summed E-state index contributed by atoms with van der Waals surface area (Å²) in [5.74, 6) is 1.61. The van der Waals surface area contributed by atoms with Crippen LogP contribution in [0, 0.1) is 24.0 Å². The molecule has 2 bridgehead atoms. The molecule has 2 unspecified atom stereocenters. The predicted molar refractivity (Wildman–Crippen MR) is 152 cm³/mol. The van der Waals surface area contributed by atoms with Crippen LogP contribution < -0.4 is 9.64 Å². The summed E-state index contributed by atoms with van der Waals surface area (Å²) in [6, 6.07) is 7.92. The van der Waals surface area contributed by atoms with E-state index in [-0.39, 0.29) is 41.0 Å². The zero-order valence-electron chi connectivity index (χ0n) is 23.2. The van der Waals surface area contributed by atoms with Gasteiger partial charge < -0.3 is 14.4 Å². The van der Waals surface area contributed by atoms with E-state index in [1.165, 1.54) is 19.4 Å². The Morgan fingerprint density at radius 2 is 1.83 bits per heavy atom. The van der Waals surface area contributed by atoms with Crippen LogP contribution in [0.15, 0.2) is 36.5 Å². The van der Waals surface area contributed by atoms with Gasteiger partial charge in [0.2, 0.25) is 0 Å². The van der Waals surface area contributed by atoms with Gasteiger partial charge in [-0.1, -0.05) is 30.2 Å². The fourth-order valence-corrected chi connectivity index (χ4v) is 5.92. The van der Waals surface area contributed by atoms with Gasteiger partial charge >= 0.3 is 12.1 Å². The molecule has 4 heterocycles. The second-order valence-electron chi connectivity index (χ2n) is 11.4. The van der Waals surface area contributed by atoms with Crippen LogP contribution in [0.5, 0.6) is 6.01 Å². The fraction of sp³-hybridized carbons (Fsp3) is 0.355. The summed E-state index contributed by atoms with van der Waals surface area (Å²) in [4.78, 5) is 30.2. The normalized spacial score (nSPS) is 18.6.